The van der Waals surface area contributed by atoms with Crippen LogP contribution >= 0.6 is 0 Å². The summed E-state index contributed by atoms with van der Waals surface area (Å²) in [5, 5.41) is 19.4. The van der Waals surface area contributed by atoms with Gasteiger partial charge in [0.05, 0.1) is 4.92 Å². The van der Waals surface area contributed by atoms with E-state index < -0.39 is 0 Å². The maximum atomic E-state index is 11.5. The molecular formula is C15H28N4O2. The van der Waals surface area contributed by atoms with Crippen LogP contribution in [0.3, 0.4) is 0 Å². The van der Waals surface area contributed by atoms with Crippen LogP contribution < -0.4 is 5.32 Å². The van der Waals surface area contributed by atoms with Crippen LogP contribution in [0, 0.1) is 10.1 Å². The molecule has 0 radical (unpaired) electrons. The van der Waals surface area contributed by atoms with Gasteiger partial charge in [-0.1, -0.05) is 27.7 Å². The minimum absolute atomic E-state index is 0.0433. The van der Waals surface area contributed by atoms with Crippen molar-refractivity contribution in [3.05, 3.63) is 21.5 Å². The van der Waals surface area contributed by atoms with Crippen molar-refractivity contribution in [3.8, 4) is 0 Å². The topological polar surface area (TPSA) is 73.0 Å². The molecule has 1 N–H and O–H groups in total. The maximum Gasteiger partial charge on any atom is 0.313 e. The minimum atomic E-state index is -0.271. The van der Waals surface area contributed by atoms with E-state index >= 15 is 0 Å². The molecule has 2 unspecified atom stereocenters. The number of hydrogen-bond donors (Lipinski definition) is 1. The summed E-state index contributed by atoms with van der Waals surface area (Å²) >= 11 is 0. The molecule has 1 aromatic heterocycles. The Labute approximate surface area is 127 Å². The number of hydrogen-bond acceptors (Lipinski definition) is 4. The Morgan fingerprint density at radius 3 is 2.38 bits per heavy atom. The molecule has 21 heavy (non-hydrogen) atoms. The monoisotopic (exact) mass is 296 g/mol. The molecule has 0 aliphatic carbocycles. The molecule has 0 saturated heterocycles. The molecule has 0 bridgehead atoms. The highest BCUT2D eigenvalue weighted by molar-refractivity contribution is 5.45. The first kappa shape index (κ1) is 17.6. The fourth-order valence-electron chi connectivity index (χ4n) is 2.84. The molecule has 1 aromatic rings. The van der Waals surface area contributed by atoms with Crippen LogP contribution in [0.2, 0.25) is 0 Å². The smallest absolute Gasteiger partial charge is 0.313 e. The third-order valence-electron chi connectivity index (χ3n) is 3.93. The highest BCUT2D eigenvalue weighted by Crippen LogP contribution is 2.36. The molecule has 0 aliphatic rings. The van der Waals surface area contributed by atoms with E-state index in [9.17, 15) is 10.1 Å². The molecule has 120 valence electrons. The molecule has 2 atom stereocenters. The molecule has 6 nitrogen and oxygen atoms in total. The van der Waals surface area contributed by atoms with E-state index in [4.69, 9.17) is 0 Å². The Bertz CT molecular complexity index is 482. The fraction of sp³-hybridized carbons (Fsp3) is 0.800. The van der Waals surface area contributed by atoms with Crippen molar-refractivity contribution in [2.24, 2.45) is 7.05 Å². The SMILES string of the molecule is CCCNC(C)C(CC)c1c([N+](=O)[O-])c(C(C)C)nn1C. The van der Waals surface area contributed by atoms with E-state index in [1.54, 1.807) is 4.68 Å². The second-order valence-corrected chi connectivity index (χ2v) is 5.91. The lowest BCUT2D eigenvalue weighted by atomic mass is 9.92. The van der Waals surface area contributed by atoms with E-state index in [1.165, 1.54) is 0 Å². The molecule has 1 heterocycles. The average molecular weight is 296 g/mol. The van der Waals surface area contributed by atoms with Gasteiger partial charge in [-0.25, -0.2) is 0 Å². The van der Waals surface area contributed by atoms with E-state index in [0.717, 1.165) is 25.1 Å². The lowest BCUT2D eigenvalue weighted by molar-refractivity contribution is -0.386. The predicted octanol–water partition coefficient (Wildman–Crippen LogP) is 3.33. The summed E-state index contributed by atoms with van der Waals surface area (Å²) in [6, 6.07) is 0.184. The normalized spacial score (nSPS) is 14.4. The molecule has 0 spiro atoms. The van der Waals surface area contributed by atoms with Gasteiger partial charge in [0.25, 0.3) is 0 Å². The molecule has 0 fully saturated rings. The molecule has 1 rings (SSSR count). The van der Waals surface area contributed by atoms with Crippen molar-refractivity contribution in [2.45, 2.75) is 65.3 Å². The van der Waals surface area contributed by atoms with Gasteiger partial charge in [0.2, 0.25) is 0 Å². The Kier molecular flexibility index (Phi) is 6.33. The largest absolute Gasteiger partial charge is 0.314 e. The van der Waals surface area contributed by atoms with Crippen LogP contribution in [-0.2, 0) is 7.05 Å². The zero-order chi connectivity index (χ0) is 16.2. The van der Waals surface area contributed by atoms with Crippen molar-refractivity contribution in [1.29, 1.82) is 0 Å². The van der Waals surface area contributed by atoms with Crippen molar-refractivity contribution in [2.75, 3.05) is 6.54 Å². The Hall–Kier alpha value is -1.43. The number of aromatic nitrogens is 2. The van der Waals surface area contributed by atoms with Crippen molar-refractivity contribution >= 4 is 5.69 Å². The van der Waals surface area contributed by atoms with Crippen molar-refractivity contribution < 1.29 is 4.92 Å². The maximum absolute atomic E-state index is 11.5. The lowest BCUT2D eigenvalue weighted by Crippen LogP contribution is -2.33. The second-order valence-electron chi connectivity index (χ2n) is 5.91. The predicted molar refractivity (Wildman–Crippen MR) is 84.7 cm³/mol. The number of rotatable bonds is 8. The van der Waals surface area contributed by atoms with Gasteiger partial charge in [-0.15, -0.1) is 0 Å². The summed E-state index contributed by atoms with van der Waals surface area (Å²) in [5.41, 5.74) is 1.52. The summed E-state index contributed by atoms with van der Waals surface area (Å²) in [7, 11) is 1.81. The third-order valence-corrected chi connectivity index (χ3v) is 3.93. The standard InChI is InChI=1S/C15H28N4O2/c1-7-9-16-11(5)12(8-2)14-15(19(20)21)13(10(3)4)17-18(14)6/h10-12,16H,7-9H2,1-6H3. The van der Waals surface area contributed by atoms with Gasteiger partial charge in [0, 0.05) is 24.9 Å². The van der Waals surface area contributed by atoms with Gasteiger partial charge >= 0.3 is 5.69 Å². The first-order chi connectivity index (χ1) is 9.84. The van der Waals surface area contributed by atoms with Crippen LogP contribution in [0.5, 0.6) is 0 Å². The van der Waals surface area contributed by atoms with Gasteiger partial charge in [-0.05, 0) is 26.3 Å². The Morgan fingerprint density at radius 1 is 1.33 bits per heavy atom. The van der Waals surface area contributed by atoms with Crippen LogP contribution in [0.4, 0.5) is 5.69 Å². The Balaban J connectivity index is 3.28. The summed E-state index contributed by atoms with van der Waals surface area (Å²) < 4.78 is 1.70. The molecule has 0 aliphatic heterocycles. The van der Waals surface area contributed by atoms with Crippen LogP contribution in [0.25, 0.3) is 0 Å². The summed E-state index contributed by atoms with van der Waals surface area (Å²) in [4.78, 5) is 11.3. The fourth-order valence-corrected chi connectivity index (χ4v) is 2.84. The summed E-state index contributed by atoms with van der Waals surface area (Å²) in [6.07, 6.45) is 1.89. The third kappa shape index (κ3) is 3.81. The summed E-state index contributed by atoms with van der Waals surface area (Å²) in [5.74, 6) is 0.128. The molecule has 6 heteroatoms. The Morgan fingerprint density at radius 2 is 1.95 bits per heavy atom. The number of aryl methyl sites for hydroxylation is 1. The molecule has 0 saturated carbocycles. The average Bonchev–Trinajstić information content (AvgIpc) is 2.75. The van der Waals surface area contributed by atoms with Crippen LogP contribution in [0.1, 0.15) is 70.7 Å². The minimum Gasteiger partial charge on any atom is -0.314 e. The lowest BCUT2D eigenvalue weighted by Gasteiger charge is -2.23. The number of nitro groups is 1. The van der Waals surface area contributed by atoms with Gasteiger partial charge in [-0.3, -0.25) is 14.8 Å². The zero-order valence-electron chi connectivity index (χ0n) is 14.0. The quantitative estimate of drug-likeness (QED) is 0.590. The molecule has 0 aromatic carbocycles. The van der Waals surface area contributed by atoms with E-state index in [1.807, 2.05) is 20.9 Å². The van der Waals surface area contributed by atoms with Crippen molar-refractivity contribution in [3.63, 3.8) is 0 Å². The zero-order valence-corrected chi connectivity index (χ0v) is 14.0. The van der Waals surface area contributed by atoms with Gasteiger partial charge < -0.3 is 5.32 Å². The number of nitrogens with one attached hydrogen (secondary N) is 1. The first-order valence-electron chi connectivity index (χ1n) is 7.79. The highest BCUT2D eigenvalue weighted by Gasteiger charge is 2.34. The van der Waals surface area contributed by atoms with Crippen LogP contribution in [-0.4, -0.2) is 27.3 Å². The van der Waals surface area contributed by atoms with E-state index in [2.05, 4.69) is 31.2 Å². The molecule has 0 amide bonds. The summed E-state index contributed by atoms with van der Waals surface area (Å²) in [6.45, 7) is 11.1. The second kappa shape index (κ2) is 7.54. The molecular weight excluding hydrogens is 268 g/mol. The van der Waals surface area contributed by atoms with Crippen LogP contribution in [0.15, 0.2) is 0 Å². The van der Waals surface area contributed by atoms with E-state index in [0.29, 0.717) is 5.69 Å². The van der Waals surface area contributed by atoms with E-state index in [-0.39, 0.29) is 28.5 Å². The van der Waals surface area contributed by atoms with Gasteiger partial charge in [0.1, 0.15) is 11.4 Å². The van der Waals surface area contributed by atoms with Crippen molar-refractivity contribution in [1.82, 2.24) is 15.1 Å². The van der Waals surface area contributed by atoms with Gasteiger partial charge in [-0.2, -0.15) is 5.10 Å². The number of nitrogens with zero attached hydrogens (tertiary/aromatic N) is 3. The first-order valence-corrected chi connectivity index (χ1v) is 7.79. The van der Waals surface area contributed by atoms with Gasteiger partial charge in [0.15, 0.2) is 0 Å². The highest BCUT2D eigenvalue weighted by atomic mass is 16.6.